The van der Waals surface area contributed by atoms with Gasteiger partial charge < -0.3 is 25.4 Å². The Balaban J connectivity index is 1.90. The molecule has 0 radical (unpaired) electrons. The highest BCUT2D eigenvalue weighted by Crippen LogP contribution is 2.47. The van der Waals surface area contributed by atoms with Crippen molar-refractivity contribution in [1.82, 2.24) is 0 Å². The summed E-state index contributed by atoms with van der Waals surface area (Å²) in [4.78, 5) is 21.8. The number of anilines is 2. The van der Waals surface area contributed by atoms with Crippen molar-refractivity contribution in [3.63, 3.8) is 0 Å². The van der Waals surface area contributed by atoms with Crippen LogP contribution in [0.2, 0.25) is 0 Å². The predicted octanol–water partition coefficient (Wildman–Crippen LogP) is 3.71. The molecule has 0 aromatic heterocycles. The Bertz CT molecular complexity index is 1120. The van der Waals surface area contributed by atoms with E-state index in [4.69, 9.17) is 4.74 Å². The number of hydrogen-bond acceptors (Lipinski definition) is 7. The van der Waals surface area contributed by atoms with E-state index in [1.165, 1.54) is 12.1 Å². The normalized spacial score (nSPS) is 11.8. The molecule has 0 bridgehead atoms. The van der Waals surface area contributed by atoms with Gasteiger partial charge in [-0.1, -0.05) is 0 Å². The van der Waals surface area contributed by atoms with Gasteiger partial charge in [-0.25, -0.2) is 4.79 Å². The number of phenolic OH excluding ortho intramolecular Hbond substituents is 2. The minimum Gasteiger partial charge on any atom is -0.504 e. The fraction of sp³-hybridized carbons (Fsp3) is 0. The minimum absolute atomic E-state index is 0.00597. The second-order valence-electron chi connectivity index (χ2n) is 5.69. The second-order valence-corrected chi connectivity index (χ2v) is 5.69. The van der Waals surface area contributed by atoms with Gasteiger partial charge in [0.05, 0.1) is 27.9 Å². The molecule has 3 aromatic carbocycles. The van der Waals surface area contributed by atoms with E-state index in [0.717, 1.165) is 12.1 Å². The van der Waals surface area contributed by atoms with Crippen molar-refractivity contribution in [3.05, 3.63) is 52.1 Å². The van der Waals surface area contributed by atoms with Crippen LogP contribution >= 0.6 is 0 Å². The van der Waals surface area contributed by atoms with Gasteiger partial charge in [0.1, 0.15) is 0 Å². The number of carboxylic acids is 1. The number of aromatic hydroxyl groups is 2. The van der Waals surface area contributed by atoms with Crippen molar-refractivity contribution in [3.8, 4) is 23.0 Å². The molecule has 4 rings (SSSR count). The number of rotatable bonds is 2. The molecule has 0 amide bonds. The number of carbonyl (C=O) groups is 1. The summed E-state index contributed by atoms with van der Waals surface area (Å²) >= 11 is 0. The molecule has 130 valence electrons. The van der Waals surface area contributed by atoms with E-state index < -0.39 is 16.6 Å². The lowest BCUT2D eigenvalue weighted by Crippen LogP contribution is -2.10. The first kappa shape index (κ1) is 15.5. The Morgan fingerprint density at radius 3 is 2.27 bits per heavy atom. The smallest absolute Gasteiger partial charge is 0.338 e. The highest BCUT2D eigenvalue weighted by atomic mass is 16.6. The van der Waals surface area contributed by atoms with Crippen LogP contribution in [0.1, 0.15) is 10.4 Å². The van der Waals surface area contributed by atoms with E-state index in [2.05, 4.69) is 5.32 Å². The first-order chi connectivity index (χ1) is 12.3. The Morgan fingerprint density at radius 1 is 1.00 bits per heavy atom. The molecule has 4 N–H and O–H groups in total. The molecule has 1 heterocycles. The van der Waals surface area contributed by atoms with Gasteiger partial charge in [0.2, 0.25) is 0 Å². The summed E-state index contributed by atoms with van der Waals surface area (Å²) in [6.07, 6.45) is 0. The zero-order valence-electron chi connectivity index (χ0n) is 12.9. The van der Waals surface area contributed by atoms with Crippen LogP contribution in [-0.2, 0) is 0 Å². The zero-order chi connectivity index (χ0) is 18.6. The minimum atomic E-state index is -1.34. The van der Waals surface area contributed by atoms with Crippen molar-refractivity contribution >= 4 is 33.8 Å². The highest BCUT2D eigenvalue weighted by molar-refractivity contribution is 6.01. The van der Waals surface area contributed by atoms with Crippen LogP contribution in [0, 0.1) is 10.1 Å². The van der Waals surface area contributed by atoms with Crippen molar-refractivity contribution < 1.29 is 29.8 Å². The molecule has 3 aromatic rings. The van der Waals surface area contributed by atoms with Gasteiger partial charge in [-0.15, -0.1) is 0 Å². The van der Waals surface area contributed by atoms with Gasteiger partial charge in [0.25, 0.3) is 5.69 Å². The number of carboxylic acid groups (broad SMARTS) is 1. The van der Waals surface area contributed by atoms with E-state index >= 15 is 0 Å². The van der Waals surface area contributed by atoms with Crippen LogP contribution in [0.3, 0.4) is 0 Å². The monoisotopic (exact) mass is 354 g/mol. The van der Waals surface area contributed by atoms with Gasteiger partial charge in [0.15, 0.2) is 23.0 Å². The average Bonchev–Trinajstić information content (AvgIpc) is 2.58. The van der Waals surface area contributed by atoms with Crippen LogP contribution < -0.4 is 10.1 Å². The summed E-state index contributed by atoms with van der Waals surface area (Å²) < 4.78 is 5.66. The molecule has 9 heteroatoms. The number of nitrogens with one attached hydrogen (secondary N) is 1. The molecule has 0 saturated heterocycles. The van der Waals surface area contributed by atoms with Crippen molar-refractivity contribution in [2.45, 2.75) is 0 Å². The molecular formula is C17H10N2O7. The summed E-state index contributed by atoms with van der Waals surface area (Å²) in [7, 11) is 0. The average molecular weight is 354 g/mol. The van der Waals surface area contributed by atoms with E-state index in [1.807, 2.05) is 0 Å². The lowest BCUT2D eigenvalue weighted by Gasteiger charge is -2.23. The third kappa shape index (κ3) is 2.30. The summed E-state index contributed by atoms with van der Waals surface area (Å²) in [6.45, 7) is 0. The fourth-order valence-electron chi connectivity index (χ4n) is 2.82. The summed E-state index contributed by atoms with van der Waals surface area (Å²) in [5.41, 5.74) is -0.187. The Morgan fingerprint density at radius 2 is 1.65 bits per heavy atom. The molecule has 0 fully saturated rings. The number of phenols is 2. The van der Waals surface area contributed by atoms with Gasteiger partial charge in [-0.3, -0.25) is 10.1 Å². The van der Waals surface area contributed by atoms with E-state index in [9.17, 15) is 30.2 Å². The summed E-state index contributed by atoms with van der Waals surface area (Å²) in [6, 6.07) is 7.97. The molecule has 0 unspecified atom stereocenters. The van der Waals surface area contributed by atoms with Gasteiger partial charge in [0, 0.05) is 6.07 Å². The number of hydrogen-bond donors (Lipinski definition) is 4. The molecule has 1 aliphatic heterocycles. The Labute approximate surface area is 144 Å². The standard InChI is InChI=1S/C17H10N2O7/c20-12-2-7-1-11-14(4-8(7)3-13(12)21)26-15-6-9(19(24)25)5-10(17(22)23)16(15)18-11/h1-6,18,20-21H,(H,22,23). The summed E-state index contributed by atoms with van der Waals surface area (Å²) in [5.74, 6) is -1.63. The van der Waals surface area contributed by atoms with Crippen LogP contribution in [0.4, 0.5) is 17.1 Å². The number of benzene rings is 3. The lowest BCUT2D eigenvalue weighted by molar-refractivity contribution is -0.384. The zero-order valence-corrected chi connectivity index (χ0v) is 12.9. The maximum Gasteiger partial charge on any atom is 0.338 e. The van der Waals surface area contributed by atoms with Crippen molar-refractivity contribution in [2.75, 3.05) is 5.32 Å². The number of fused-ring (bicyclic) bond motifs is 3. The van der Waals surface area contributed by atoms with Crippen molar-refractivity contribution in [2.24, 2.45) is 0 Å². The van der Waals surface area contributed by atoms with Gasteiger partial charge >= 0.3 is 5.97 Å². The maximum atomic E-state index is 11.5. The number of nitro groups is 1. The third-order valence-electron chi connectivity index (χ3n) is 4.04. The number of nitro benzene ring substituents is 1. The largest absolute Gasteiger partial charge is 0.504 e. The predicted molar refractivity (Wildman–Crippen MR) is 90.7 cm³/mol. The molecule has 0 saturated carbocycles. The first-order valence-corrected chi connectivity index (χ1v) is 7.34. The number of non-ortho nitro benzene ring substituents is 1. The van der Waals surface area contributed by atoms with Gasteiger partial charge in [-0.2, -0.15) is 0 Å². The molecule has 0 spiro atoms. The fourth-order valence-corrected chi connectivity index (χ4v) is 2.82. The van der Waals surface area contributed by atoms with Gasteiger partial charge in [-0.05, 0) is 35.0 Å². The van der Waals surface area contributed by atoms with E-state index in [0.29, 0.717) is 22.2 Å². The molecule has 1 aliphatic rings. The summed E-state index contributed by atoms with van der Waals surface area (Å²) in [5, 5.41) is 43.7. The van der Waals surface area contributed by atoms with Crippen LogP contribution in [-0.4, -0.2) is 26.2 Å². The highest BCUT2D eigenvalue weighted by Gasteiger charge is 2.27. The first-order valence-electron chi connectivity index (χ1n) is 7.34. The molecule has 26 heavy (non-hydrogen) atoms. The number of nitrogens with zero attached hydrogens (tertiary/aromatic N) is 1. The molecular weight excluding hydrogens is 344 g/mol. The quantitative estimate of drug-likeness (QED) is 0.242. The van der Waals surface area contributed by atoms with Crippen LogP contribution in [0.5, 0.6) is 23.0 Å². The maximum absolute atomic E-state index is 11.5. The molecule has 0 atom stereocenters. The second kappa shape index (κ2) is 5.24. The third-order valence-corrected chi connectivity index (χ3v) is 4.04. The van der Waals surface area contributed by atoms with Crippen LogP contribution in [0.25, 0.3) is 10.8 Å². The number of ether oxygens (including phenoxy) is 1. The topological polar surface area (TPSA) is 142 Å². The lowest BCUT2D eigenvalue weighted by atomic mass is 10.0. The Hall–Kier alpha value is -4.01. The number of aromatic carboxylic acids is 1. The van der Waals surface area contributed by atoms with Crippen molar-refractivity contribution in [1.29, 1.82) is 0 Å². The molecule has 9 nitrogen and oxygen atoms in total. The van der Waals surface area contributed by atoms with E-state index in [1.54, 1.807) is 12.1 Å². The van der Waals surface area contributed by atoms with E-state index in [-0.39, 0.29) is 28.5 Å². The SMILES string of the molecule is O=C(O)c1cc([N+](=O)[O-])cc2c1Nc1cc3cc(O)c(O)cc3cc1O2. The Kier molecular flexibility index (Phi) is 3.13. The van der Waals surface area contributed by atoms with Crippen LogP contribution in [0.15, 0.2) is 36.4 Å². The molecule has 0 aliphatic carbocycles.